The lowest BCUT2D eigenvalue weighted by Gasteiger charge is -2.25. The molecule has 3 aromatic rings. The van der Waals surface area contributed by atoms with Gasteiger partial charge in [-0.15, -0.1) is 0 Å². The summed E-state index contributed by atoms with van der Waals surface area (Å²) >= 11 is 12.1. The fourth-order valence-corrected chi connectivity index (χ4v) is 3.48. The molecule has 8 nitrogen and oxygen atoms in total. The second-order valence-corrected chi connectivity index (χ2v) is 7.68. The summed E-state index contributed by atoms with van der Waals surface area (Å²) in [6.07, 6.45) is 4.66. The van der Waals surface area contributed by atoms with Crippen LogP contribution in [0.15, 0.2) is 64.9 Å². The van der Waals surface area contributed by atoms with Crippen LogP contribution >= 0.6 is 23.2 Å². The van der Waals surface area contributed by atoms with Gasteiger partial charge in [-0.25, -0.2) is 4.79 Å². The number of ether oxygens (including phenoxy) is 1. The number of hydrogen-bond donors (Lipinski definition) is 1. The highest BCUT2D eigenvalue weighted by atomic mass is 35.5. The lowest BCUT2D eigenvalue weighted by molar-refractivity contribution is -0.130. The molecule has 1 fully saturated rings. The van der Waals surface area contributed by atoms with Crippen LogP contribution in [-0.4, -0.2) is 33.9 Å². The maximum Gasteiger partial charge on any atom is 0.331 e. The number of nitrogens with one attached hydrogen (secondary N) is 1. The normalized spacial score (nSPS) is 15.4. The summed E-state index contributed by atoms with van der Waals surface area (Å²) in [7, 11) is 0. The Morgan fingerprint density at radius 2 is 1.94 bits per heavy atom. The SMILES string of the molecule is O=C1NC(=O)N(Cc2ccco2)C(=O)/C1=C/c1cccn1CCOc1cc(Cl)ccc1Cl. The molecule has 1 aromatic carbocycles. The molecule has 0 spiro atoms. The molecule has 4 amide bonds. The molecule has 0 radical (unpaired) electrons. The second kappa shape index (κ2) is 9.33. The van der Waals surface area contributed by atoms with E-state index in [0.29, 0.717) is 33.8 Å². The summed E-state index contributed by atoms with van der Waals surface area (Å²) in [5.41, 5.74) is 0.437. The largest absolute Gasteiger partial charge is 0.490 e. The Morgan fingerprint density at radius 3 is 2.72 bits per heavy atom. The lowest BCUT2D eigenvalue weighted by Crippen LogP contribution is -2.53. The van der Waals surface area contributed by atoms with Crippen molar-refractivity contribution in [1.82, 2.24) is 14.8 Å². The molecule has 4 rings (SSSR count). The van der Waals surface area contributed by atoms with Gasteiger partial charge in [0.15, 0.2) is 0 Å². The van der Waals surface area contributed by atoms with Crippen LogP contribution in [0, 0.1) is 0 Å². The van der Waals surface area contributed by atoms with Gasteiger partial charge in [-0.1, -0.05) is 23.2 Å². The predicted molar refractivity (Wildman–Crippen MR) is 117 cm³/mol. The van der Waals surface area contributed by atoms with E-state index < -0.39 is 17.8 Å². The van der Waals surface area contributed by atoms with Crippen LogP contribution in [0.5, 0.6) is 5.75 Å². The summed E-state index contributed by atoms with van der Waals surface area (Å²) in [5.74, 6) is -0.585. The van der Waals surface area contributed by atoms with Crippen LogP contribution in [-0.2, 0) is 22.7 Å². The topological polar surface area (TPSA) is 93.8 Å². The summed E-state index contributed by atoms with van der Waals surface area (Å²) in [5, 5.41) is 3.13. The molecule has 164 valence electrons. The molecule has 1 N–H and O–H groups in total. The van der Waals surface area contributed by atoms with Crippen molar-refractivity contribution in [2.24, 2.45) is 0 Å². The molecule has 1 saturated heterocycles. The van der Waals surface area contributed by atoms with Crippen LogP contribution in [0.4, 0.5) is 4.79 Å². The predicted octanol–water partition coefficient (Wildman–Crippen LogP) is 4.13. The molecule has 32 heavy (non-hydrogen) atoms. The number of aromatic nitrogens is 1. The number of halogens is 2. The lowest BCUT2D eigenvalue weighted by atomic mass is 10.1. The molecule has 0 unspecified atom stereocenters. The number of imide groups is 2. The number of urea groups is 1. The number of benzene rings is 1. The van der Waals surface area contributed by atoms with Crippen molar-refractivity contribution in [3.8, 4) is 5.75 Å². The van der Waals surface area contributed by atoms with E-state index in [1.54, 1.807) is 53.2 Å². The Hall–Kier alpha value is -3.49. The van der Waals surface area contributed by atoms with Crippen LogP contribution in [0.25, 0.3) is 6.08 Å². The van der Waals surface area contributed by atoms with E-state index in [2.05, 4.69) is 5.32 Å². The first-order chi connectivity index (χ1) is 15.4. The molecule has 0 bridgehead atoms. The van der Waals surface area contributed by atoms with Gasteiger partial charge < -0.3 is 13.7 Å². The van der Waals surface area contributed by atoms with Crippen molar-refractivity contribution < 1.29 is 23.5 Å². The van der Waals surface area contributed by atoms with E-state index in [0.717, 1.165) is 4.90 Å². The molecule has 2 aromatic heterocycles. The van der Waals surface area contributed by atoms with Gasteiger partial charge in [0.1, 0.15) is 23.7 Å². The third-order valence-corrected chi connectivity index (χ3v) is 5.27. The van der Waals surface area contributed by atoms with Crippen molar-refractivity contribution in [3.63, 3.8) is 0 Å². The van der Waals surface area contributed by atoms with Crippen LogP contribution < -0.4 is 10.1 Å². The van der Waals surface area contributed by atoms with Gasteiger partial charge in [-0.3, -0.25) is 19.8 Å². The van der Waals surface area contributed by atoms with Gasteiger partial charge in [0, 0.05) is 23.0 Å². The van der Waals surface area contributed by atoms with E-state index in [4.69, 9.17) is 32.4 Å². The number of rotatable bonds is 7. The highest BCUT2D eigenvalue weighted by molar-refractivity contribution is 6.34. The third-order valence-electron chi connectivity index (χ3n) is 4.72. The fraction of sp³-hybridized carbons (Fsp3) is 0.136. The molecule has 1 aliphatic heterocycles. The third kappa shape index (κ3) is 4.71. The van der Waals surface area contributed by atoms with E-state index in [1.807, 2.05) is 0 Å². The fourth-order valence-electron chi connectivity index (χ4n) is 3.15. The van der Waals surface area contributed by atoms with Crippen molar-refractivity contribution in [1.29, 1.82) is 0 Å². The van der Waals surface area contributed by atoms with E-state index in [1.165, 1.54) is 12.3 Å². The zero-order valence-corrected chi connectivity index (χ0v) is 18.1. The van der Waals surface area contributed by atoms with E-state index in [-0.39, 0.29) is 18.7 Å². The zero-order chi connectivity index (χ0) is 22.7. The van der Waals surface area contributed by atoms with Crippen molar-refractivity contribution in [2.75, 3.05) is 6.61 Å². The number of carbonyl (C=O) groups is 3. The van der Waals surface area contributed by atoms with Gasteiger partial charge in [0.25, 0.3) is 11.8 Å². The van der Waals surface area contributed by atoms with E-state index in [9.17, 15) is 14.4 Å². The van der Waals surface area contributed by atoms with Crippen LogP contribution in [0.1, 0.15) is 11.5 Å². The van der Waals surface area contributed by atoms with Crippen LogP contribution in [0.3, 0.4) is 0 Å². The number of nitrogens with zero attached hydrogens (tertiary/aromatic N) is 2. The van der Waals surface area contributed by atoms with Crippen molar-refractivity contribution >= 4 is 47.1 Å². The average Bonchev–Trinajstić information content (AvgIpc) is 3.43. The Morgan fingerprint density at radius 1 is 1.09 bits per heavy atom. The number of carbonyl (C=O) groups excluding carboxylic acids is 3. The Labute approximate surface area is 192 Å². The Bertz CT molecular complexity index is 1200. The molecule has 0 saturated carbocycles. The molecule has 3 heterocycles. The van der Waals surface area contributed by atoms with Crippen molar-refractivity contribution in [3.05, 3.63) is 82.0 Å². The van der Waals surface area contributed by atoms with E-state index >= 15 is 0 Å². The van der Waals surface area contributed by atoms with Gasteiger partial charge in [0.05, 0.1) is 24.4 Å². The summed E-state index contributed by atoms with van der Waals surface area (Å²) in [6, 6.07) is 10.9. The minimum absolute atomic E-state index is 0.0858. The Kier molecular flexibility index (Phi) is 6.34. The summed E-state index contributed by atoms with van der Waals surface area (Å²) < 4.78 is 12.7. The number of amides is 4. The molecule has 1 aliphatic rings. The smallest absolute Gasteiger partial charge is 0.331 e. The highest BCUT2D eigenvalue weighted by Gasteiger charge is 2.36. The molecular weight excluding hydrogens is 457 g/mol. The summed E-state index contributed by atoms with van der Waals surface area (Å²) in [6.45, 7) is 0.603. The molecular formula is C22H17Cl2N3O5. The standard InChI is InChI=1S/C22H17Cl2N3O5/c23-14-5-6-18(24)19(11-14)32-10-8-26-7-1-3-15(26)12-17-20(28)25-22(30)27(21(17)29)13-16-4-2-9-31-16/h1-7,9,11-12H,8,10,13H2,(H,25,28,30)/b17-12+. The number of barbiturate groups is 1. The van der Waals surface area contributed by atoms with Gasteiger partial charge >= 0.3 is 6.03 Å². The monoisotopic (exact) mass is 473 g/mol. The number of hydrogen-bond acceptors (Lipinski definition) is 5. The Balaban J connectivity index is 1.49. The minimum atomic E-state index is -0.796. The quantitative estimate of drug-likeness (QED) is 0.411. The van der Waals surface area contributed by atoms with Crippen molar-refractivity contribution in [2.45, 2.75) is 13.1 Å². The van der Waals surface area contributed by atoms with Crippen LogP contribution in [0.2, 0.25) is 10.0 Å². The second-order valence-electron chi connectivity index (χ2n) is 6.84. The zero-order valence-electron chi connectivity index (χ0n) is 16.6. The maximum atomic E-state index is 12.9. The highest BCUT2D eigenvalue weighted by Crippen LogP contribution is 2.27. The molecule has 10 heteroatoms. The van der Waals surface area contributed by atoms with Gasteiger partial charge in [0.2, 0.25) is 0 Å². The molecule has 0 aliphatic carbocycles. The first-order valence-corrected chi connectivity index (χ1v) is 10.3. The minimum Gasteiger partial charge on any atom is -0.490 e. The number of furan rings is 1. The summed E-state index contributed by atoms with van der Waals surface area (Å²) in [4.78, 5) is 38.3. The first kappa shape index (κ1) is 21.7. The average molecular weight is 474 g/mol. The first-order valence-electron chi connectivity index (χ1n) is 9.56. The van der Waals surface area contributed by atoms with Gasteiger partial charge in [-0.2, -0.15) is 0 Å². The maximum absolute atomic E-state index is 12.9. The van der Waals surface area contributed by atoms with Gasteiger partial charge in [-0.05, 0) is 42.5 Å². The molecule has 0 atom stereocenters.